The van der Waals surface area contributed by atoms with Crippen LogP contribution in [0.5, 0.6) is 5.75 Å². The quantitative estimate of drug-likeness (QED) is 0.815. The Morgan fingerprint density at radius 2 is 1.79 bits per heavy atom. The topological polar surface area (TPSA) is 40.5 Å². The predicted octanol–water partition coefficient (Wildman–Crippen LogP) is 4.20. The SMILES string of the molecule is CCCCN(CCCC)C(=O)c1ccc(Br)cc1O. The van der Waals surface area contributed by atoms with Crippen LogP contribution in [0, 0.1) is 0 Å². The number of phenolic OH excluding ortho intramolecular Hbond substituents is 1. The number of halogens is 1. The Labute approximate surface area is 123 Å². The molecule has 3 nitrogen and oxygen atoms in total. The summed E-state index contributed by atoms with van der Waals surface area (Å²) in [6, 6.07) is 5.02. The Morgan fingerprint density at radius 3 is 2.26 bits per heavy atom. The van der Waals surface area contributed by atoms with Gasteiger partial charge in [-0.15, -0.1) is 0 Å². The average Bonchev–Trinajstić information content (AvgIpc) is 2.38. The van der Waals surface area contributed by atoms with Gasteiger partial charge in [-0.1, -0.05) is 42.6 Å². The number of carbonyl (C=O) groups excluding carboxylic acids is 1. The largest absolute Gasteiger partial charge is 0.507 e. The van der Waals surface area contributed by atoms with E-state index >= 15 is 0 Å². The second kappa shape index (κ2) is 8.20. The van der Waals surface area contributed by atoms with Gasteiger partial charge in [-0.25, -0.2) is 0 Å². The highest BCUT2D eigenvalue weighted by atomic mass is 79.9. The number of aromatic hydroxyl groups is 1. The molecule has 0 aromatic heterocycles. The van der Waals surface area contributed by atoms with E-state index in [-0.39, 0.29) is 11.7 Å². The molecule has 106 valence electrons. The Hall–Kier alpha value is -1.03. The summed E-state index contributed by atoms with van der Waals surface area (Å²) in [5.41, 5.74) is 0.385. The molecule has 1 rings (SSSR count). The van der Waals surface area contributed by atoms with Crippen LogP contribution in [0.15, 0.2) is 22.7 Å². The lowest BCUT2D eigenvalue weighted by Gasteiger charge is -2.23. The minimum Gasteiger partial charge on any atom is -0.507 e. The first-order valence-corrected chi connectivity index (χ1v) is 7.67. The predicted molar refractivity (Wildman–Crippen MR) is 81.5 cm³/mol. The maximum atomic E-state index is 12.4. The van der Waals surface area contributed by atoms with Gasteiger partial charge in [0.15, 0.2) is 0 Å². The van der Waals surface area contributed by atoms with Gasteiger partial charge in [-0.3, -0.25) is 4.79 Å². The third kappa shape index (κ3) is 4.86. The molecule has 0 aliphatic heterocycles. The third-order valence-electron chi connectivity index (χ3n) is 3.04. The molecule has 0 radical (unpaired) electrons. The number of nitrogens with zero attached hydrogens (tertiary/aromatic N) is 1. The molecule has 1 aromatic rings. The third-order valence-corrected chi connectivity index (χ3v) is 3.53. The molecule has 19 heavy (non-hydrogen) atoms. The second-order valence-corrected chi connectivity index (χ2v) is 5.58. The average molecular weight is 328 g/mol. The van der Waals surface area contributed by atoms with Gasteiger partial charge in [0.2, 0.25) is 0 Å². The summed E-state index contributed by atoms with van der Waals surface area (Å²) in [6.45, 7) is 5.73. The van der Waals surface area contributed by atoms with Crippen molar-refractivity contribution < 1.29 is 9.90 Å². The molecule has 1 N–H and O–H groups in total. The summed E-state index contributed by atoms with van der Waals surface area (Å²) >= 11 is 3.28. The fourth-order valence-electron chi connectivity index (χ4n) is 1.87. The zero-order valence-electron chi connectivity index (χ0n) is 11.7. The van der Waals surface area contributed by atoms with E-state index in [9.17, 15) is 9.90 Å². The number of hydrogen-bond donors (Lipinski definition) is 1. The summed E-state index contributed by atoms with van der Waals surface area (Å²) in [7, 11) is 0. The molecule has 0 saturated carbocycles. The van der Waals surface area contributed by atoms with Gasteiger partial charge >= 0.3 is 0 Å². The van der Waals surface area contributed by atoms with Crippen LogP contribution in [0.1, 0.15) is 49.9 Å². The van der Waals surface area contributed by atoms with Crippen LogP contribution in [0.3, 0.4) is 0 Å². The molecular weight excluding hydrogens is 306 g/mol. The van der Waals surface area contributed by atoms with Crippen molar-refractivity contribution in [2.75, 3.05) is 13.1 Å². The van der Waals surface area contributed by atoms with Crippen LogP contribution in [0.25, 0.3) is 0 Å². The molecule has 0 heterocycles. The van der Waals surface area contributed by atoms with E-state index in [4.69, 9.17) is 0 Å². The zero-order valence-corrected chi connectivity index (χ0v) is 13.2. The summed E-state index contributed by atoms with van der Waals surface area (Å²) in [6.07, 6.45) is 4.10. The number of carbonyl (C=O) groups is 1. The van der Waals surface area contributed by atoms with Crippen LogP contribution >= 0.6 is 15.9 Å². The Balaban J connectivity index is 2.84. The molecule has 0 spiro atoms. The Bertz CT molecular complexity index is 413. The van der Waals surface area contributed by atoms with Crippen molar-refractivity contribution in [1.29, 1.82) is 0 Å². The van der Waals surface area contributed by atoms with Crippen LogP contribution in [0.2, 0.25) is 0 Å². The van der Waals surface area contributed by atoms with Crippen molar-refractivity contribution in [2.45, 2.75) is 39.5 Å². The van der Waals surface area contributed by atoms with Crippen LogP contribution in [-0.2, 0) is 0 Å². The van der Waals surface area contributed by atoms with E-state index in [0.717, 1.165) is 43.2 Å². The maximum absolute atomic E-state index is 12.4. The summed E-state index contributed by atoms with van der Waals surface area (Å²) in [4.78, 5) is 14.3. The molecule has 0 fully saturated rings. The molecule has 0 saturated heterocycles. The van der Waals surface area contributed by atoms with Crippen LogP contribution in [-0.4, -0.2) is 29.0 Å². The lowest BCUT2D eigenvalue weighted by Crippen LogP contribution is -2.33. The van der Waals surface area contributed by atoms with E-state index in [2.05, 4.69) is 29.8 Å². The van der Waals surface area contributed by atoms with Crippen molar-refractivity contribution in [3.8, 4) is 5.75 Å². The number of benzene rings is 1. The number of hydrogen-bond acceptors (Lipinski definition) is 2. The van der Waals surface area contributed by atoms with Gasteiger partial charge in [0.1, 0.15) is 5.75 Å². The van der Waals surface area contributed by atoms with E-state index in [1.807, 2.05) is 4.90 Å². The monoisotopic (exact) mass is 327 g/mol. The molecule has 4 heteroatoms. The van der Waals surface area contributed by atoms with E-state index in [1.54, 1.807) is 18.2 Å². The smallest absolute Gasteiger partial charge is 0.257 e. The van der Waals surface area contributed by atoms with Crippen molar-refractivity contribution in [2.24, 2.45) is 0 Å². The first kappa shape index (κ1) is 16.0. The minimum absolute atomic E-state index is 0.0392. The van der Waals surface area contributed by atoms with Gasteiger partial charge in [-0.05, 0) is 31.0 Å². The summed E-state index contributed by atoms with van der Waals surface area (Å²) in [5.74, 6) is -0.0377. The first-order chi connectivity index (χ1) is 9.10. The summed E-state index contributed by atoms with van der Waals surface area (Å²) in [5, 5.41) is 9.88. The van der Waals surface area contributed by atoms with Gasteiger partial charge in [0.25, 0.3) is 5.91 Å². The van der Waals surface area contributed by atoms with E-state index in [1.165, 1.54) is 0 Å². The van der Waals surface area contributed by atoms with Crippen molar-refractivity contribution in [3.63, 3.8) is 0 Å². The minimum atomic E-state index is -0.0769. The lowest BCUT2D eigenvalue weighted by molar-refractivity contribution is 0.0748. The van der Waals surface area contributed by atoms with Gasteiger partial charge in [0, 0.05) is 17.6 Å². The van der Waals surface area contributed by atoms with Crippen molar-refractivity contribution >= 4 is 21.8 Å². The summed E-state index contributed by atoms with van der Waals surface area (Å²) < 4.78 is 0.773. The molecule has 0 aliphatic rings. The zero-order chi connectivity index (χ0) is 14.3. The molecule has 0 atom stereocenters. The number of phenols is 1. The van der Waals surface area contributed by atoms with Gasteiger partial charge < -0.3 is 10.0 Å². The van der Waals surface area contributed by atoms with E-state index in [0.29, 0.717) is 5.56 Å². The Morgan fingerprint density at radius 1 is 1.21 bits per heavy atom. The molecule has 1 amide bonds. The van der Waals surface area contributed by atoms with E-state index < -0.39 is 0 Å². The lowest BCUT2D eigenvalue weighted by atomic mass is 10.1. The normalized spacial score (nSPS) is 10.5. The fraction of sp³-hybridized carbons (Fsp3) is 0.533. The highest BCUT2D eigenvalue weighted by Crippen LogP contribution is 2.23. The van der Waals surface area contributed by atoms with Gasteiger partial charge in [0.05, 0.1) is 5.56 Å². The number of unbranched alkanes of at least 4 members (excludes halogenated alkanes) is 2. The van der Waals surface area contributed by atoms with Crippen LogP contribution < -0.4 is 0 Å². The second-order valence-electron chi connectivity index (χ2n) is 4.66. The highest BCUT2D eigenvalue weighted by Gasteiger charge is 2.18. The van der Waals surface area contributed by atoms with Crippen LogP contribution in [0.4, 0.5) is 0 Å². The highest BCUT2D eigenvalue weighted by molar-refractivity contribution is 9.10. The van der Waals surface area contributed by atoms with Crippen molar-refractivity contribution in [3.05, 3.63) is 28.2 Å². The number of rotatable bonds is 7. The molecule has 0 aliphatic carbocycles. The standard InChI is InChI=1S/C15H22BrNO2/c1-3-5-9-17(10-6-4-2)15(19)13-8-7-12(16)11-14(13)18/h7-8,11,18H,3-6,9-10H2,1-2H3. The molecule has 0 unspecified atom stereocenters. The van der Waals surface area contributed by atoms with Crippen molar-refractivity contribution in [1.82, 2.24) is 4.90 Å². The number of amides is 1. The maximum Gasteiger partial charge on any atom is 0.257 e. The van der Waals surface area contributed by atoms with Gasteiger partial charge in [-0.2, -0.15) is 0 Å². The molecule has 0 bridgehead atoms. The fourth-order valence-corrected chi connectivity index (χ4v) is 2.22. The molecular formula is C15H22BrNO2. The first-order valence-electron chi connectivity index (χ1n) is 6.88. The molecule has 1 aromatic carbocycles. The Kier molecular flexibility index (Phi) is 6.92.